The number of nitrogens with zero attached hydrogens (tertiary/aromatic N) is 4. The second kappa shape index (κ2) is 12.4. The van der Waals surface area contributed by atoms with Crippen molar-refractivity contribution >= 4 is 31.6 Å². The molecule has 5 heteroatoms. The molecule has 0 radical (unpaired) electrons. The highest BCUT2D eigenvalue weighted by atomic mass is 32.1. The summed E-state index contributed by atoms with van der Waals surface area (Å²) in [5.41, 5.74) is 12.5. The van der Waals surface area contributed by atoms with Gasteiger partial charge in [-0.2, -0.15) is 0 Å². The van der Waals surface area contributed by atoms with Crippen LogP contribution < -0.4 is 0 Å². The molecule has 0 atom stereocenters. The summed E-state index contributed by atoms with van der Waals surface area (Å²) in [6.07, 6.45) is 3.66. The van der Waals surface area contributed by atoms with Gasteiger partial charge in [-0.15, -0.1) is 11.3 Å². The summed E-state index contributed by atoms with van der Waals surface area (Å²) < 4.78 is 2.31. The summed E-state index contributed by atoms with van der Waals surface area (Å²) in [6.45, 7) is 0. The Morgan fingerprint density at radius 2 is 0.980 bits per heavy atom. The van der Waals surface area contributed by atoms with Gasteiger partial charge in [-0.05, 0) is 58.7 Å². The predicted octanol–water partition coefficient (Wildman–Crippen LogP) is 11.6. The van der Waals surface area contributed by atoms with Crippen LogP contribution in [0.5, 0.6) is 0 Å². The van der Waals surface area contributed by atoms with Gasteiger partial charge in [-0.1, -0.05) is 121 Å². The molecule has 0 fully saturated rings. The van der Waals surface area contributed by atoms with Crippen LogP contribution in [0.25, 0.3) is 87.7 Å². The van der Waals surface area contributed by atoms with Crippen LogP contribution in [0.2, 0.25) is 0 Å². The van der Waals surface area contributed by atoms with E-state index in [1.807, 2.05) is 54.9 Å². The minimum absolute atomic E-state index is 0.707. The maximum atomic E-state index is 5.26. The fourth-order valence-electron chi connectivity index (χ4n) is 6.39. The van der Waals surface area contributed by atoms with Gasteiger partial charge in [0.05, 0.1) is 27.3 Å². The molecule has 0 unspecified atom stereocenters. The monoisotopic (exact) mass is 644 g/mol. The Balaban J connectivity index is 1.22. The van der Waals surface area contributed by atoms with Crippen LogP contribution in [0.4, 0.5) is 0 Å². The Labute approximate surface area is 288 Å². The summed E-state index contributed by atoms with van der Waals surface area (Å²) in [5, 5.41) is 1.15. The normalized spacial score (nSPS) is 11.3. The molecule has 0 aliphatic heterocycles. The topological polar surface area (TPSA) is 51.6 Å². The molecule has 49 heavy (non-hydrogen) atoms. The molecule has 4 heterocycles. The molecule has 230 valence electrons. The van der Waals surface area contributed by atoms with E-state index in [1.54, 1.807) is 11.3 Å². The van der Waals surface area contributed by atoms with Crippen molar-refractivity contribution in [3.8, 4) is 67.4 Å². The lowest BCUT2D eigenvalue weighted by Gasteiger charge is -2.14. The molecular formula is C44H28N4S. The van der Waals surface area contributed by atoms with Crippen molar-refractivity contribution < 1.29 is 0 Å². The van der Waals surface area contributed by atoms with Crippen molar-refractivity contribution in [2.45, 2.75) is 0 Å². The molecule has 0 spiro atoms. The SMILES string of the molecule is c1ccc(-c2nc(-c3ccc(-c4ccc(-c5ccccn5)cc4)c(-c4ccc(-c5ccccn5)cc4)c3)nc3c2sc2ccccc23)cc1. The van der Waals surface area contributed by atoms with E-state index in [1.165, 1.54) is 4.70 Å². The lowest BCUT2D eigenvalue weighted by Crippen LogP contribution is -1.95. The molecule has 0 amide bonds. The zero-order valence-electron chi connectivity index (χ0n) is 26.4. The maximum Gasteiger partial charge on any atom is 0.160 e. The van der Waals surface area contributed by atoms with Crippen molar-refractivity contribution in [2.75, 3.05) is 0 Å². The second-order valence-electron chi connectivity index (χ2n) is 11.9. The van der Waals surface area contributed by atoms with Crippen molar-refractivity contribution in [3.05, 3.63) is 170 Å². The van der Waals surface area contributed by atoms with Crippen LogP contribution in [0.1, 0.15) is 0 Å². The minimum atomic E-state index is 0.707. The molecule has 4 aromatic heterocycles. The Hall–Kier alpha value is -6.30. The highest BCUT2D eigenvalue weighted by Crippen LogP contribution is 2.41. The Morgan fingerprint density at radius 1 is 0.408 bits per heavy atom. The van der Waals surface area contributed by atoms with Gasteiger partial charge < -0.3 is 0 Å². The first-order valence-corrected chi connectivity index (χ1v) is 17.0. The lowest BCUT2D eigenvalue weighted by atomic mass is 9.91. The molecule has 0 saturated carbocycles. The van der Waals surface area contributed by atoms with E-state index in [9.17, 15) is 0 Å². The number of pyridine rings is 2. The van der Waals surface area contributed by atoms with Gasteiger partial charge in [-0.3, -0.25) is 9.97 Å². The number of rotatable bonds is 6. The Bertz CT molecular complexity index is 2560. The van der Waals surface area contributed by atoms with Gasteiger partial charge in [0.1, 0.15) is 0 Å². The zero-order chi connectivity index (χ0) is 32.6. The van der Waals surface area contributed by atoms with Crippen molar-refractivity contribution in [2.24, 2.45) is 0 Å². The summed E-state index contributed by atoms with van der Waals surface area (Å²) in [5.74, 6) is 0.707. The largest absolute Gasteiger partial charge is 0.256 e. The number of benzene rings is 5. The van der Waals surface area contributed by atoms with E-state index in [0.29, 0.717) is 5.82 Å². The molecule has 0 aliphatic rings. The van der Waals surface area contributed by atoms with Crippen molar-refractivity contribution in [1.82, 2.24) is 19.9 Å². The molecule has 0 aliphatic carbocycles. The van der Waals surface area contributed by atoms with Crippen LogP contribution in [0.15, 0.2) is 170 Å². The van der Waals surface area contributed by atoms with Crippen molar-refractivity contribution in [3.63, 3.8) is 0 Å². The minimum Gasteiger partial charge on any atom is -0.256 e. The van der Waals surface area contributed by atoms with Crippen LogP contribution >= 0.6 is 11.3 Å². The van der Waals surface area contributed by atoms with E-state index < -0.39 is 0 Å². The molecule has 0 saturated heterocycles. The first-order chi connectivity index (χ1) is 24.3. The standard InChI is InChI=1S/C44H28N4S/c1-2-10-33(11-3-1)41-43-42(36-12-4-5-15-40(36)49-43)48-44(47-41)34-24-25-35(29-16-20-31(21-17-29)38-13-6-8-26-45-38)37(28-34)30-18-22-32(23-19-30)39-14-7-9-27-46-39/h1-28H. The van der Waals surface area contributed by atoms with Gasteiger partial charge in [0, 0.05) is 44.7 Å². The van der Waals surface area contributed by atoms with Gasteiger partial charge in [0.25, 0.3) is 0 Å². The Morgan fingerprint density at radius 3 is 1.63 bits per heavy atom. The smallest absolute Gasteiger partial charge is 0.160 e. The molecule has 5 aromatic carbocycles. The van der Waals surface area contributed by atoms with Gasteiger partial charge in [-0.25, -0.2) is 9.97 Å². The van der Waals surface area contributed by atoms with Gasteiger partial charge in [0.2, 0.25) is 0 Å². The number of hydrogen-bond acceptors (Lipinski definition) is 5. The zero-order valence-corrected chi connectivity index (χ0v) is 27.2. The maximum absolute atomic E-state index is 5.26. The average molecular weight is 645 g/mol. The third-order valence-corrected chi connectivity index (χ3v) is 10.0. The quantitative estimate of drug-likeness (QED) is 0.181. The number of fused-ring (bicyclic) bond motifs is 3. The summed E-state index contributed by atoms with van der Waals surface area (Å²) >= 11 is 1.75. The molecular weight excluding hydrogens is 617 g/mol. The van der Waals surface area contributed by atoms with Crippen LogP contribution in [-0.2, 0) is 0 Å². The van der Waals surface area contributed by atoms with Crippen LogP contribution in [-0.4, -0.2) is 19.9 Å². The van der Waals surface area contributed by atoms with Gasteiger partial charge in [0.15, 0.2) is 5.82 Å². The third-order valence-electron chi connectivity index (χ3n) is 8.86. The summed E-state index contributed by atoms with van der Waals surface area (Å²) in [7, 11) is 0. The Kier molecular flexibility index (Phi) is 7.30. The van der Waals surface area contributed by atoms with Gasteiger partial charge >= 0.3 is 0 Å². The lowest BCUT2D eigenvalue weighted by molar-refractivity contribution is 1.24. The average Bonchev–Trinajstić information content (AvgIpc) is 3.57. The van der Waals surface area contributed by atoms with Crippen LogP contribution in [0.3, 0.4) is 0 Å². The highest BCUT2D eigenvalue weighted by molar-refractivity contribution is 7.26. The summed E-state index contributed by atoms with van der Waals surface area (Å²) in [4.78, 5) is 19.6. The molecule has 0 bridgehead atoms. The predicted molar refractivity (Wildman–Crippen MR) is 203 cm³/mol. The highest BCUT2D eigenvalue weighted by Gasteiger charge is 2.18. The van der Waals surface area contributed by atoms with E-state index in [0.717, 1.165) is 77.2 Å². The fraction of sp³-hybridized carbons (Fsp3) is 0. The van der Waals surface area contributed by atoms with Crippen molar-refractivity contribution in [1.29, 1.82) is 0 Å². The molecule has 4 nitrogen and oxygen atoms in total. The summed E-state index contributed by atoms with van der Waals surface area (Å²) in [6, 6.07) is 54.8. The van der Waals surface area contributed by atoms with E-state index in [-0.39, 0.29) is 0 Å². The number of hydrogen-bond donors (Lipinski definition) is 0. The van der Waals surface area contributed by atoms with E-state index >= 15 is 0 Å². The second-order valence-corrected chi connectivity index (χ2v) is 12.9. The molecule has 0 N–H and O–H groups in total. The fourth-order valence-corrected chi connectivity index (χ4v) is 7.55. The van der Waals surface area contributed by atoms with Crippen LogP contribution in [0, 0.1) is 0 Å². The third kappa shape index (κ3) is 5.46. The van der Waals surface area contributed by atoms with E-state index in [4.69, 9.17) is 9.97 Å². The first-order valence-electron chi connectivity index (χ1n) is 16.2. The van der Waals surface area contributed by atoms with E-state index in [2.05, 4.69) is 125 Å². The number of aromatic nitrogens is 4. The molecule has 9 rings (SSSR count). The molecule has 9 aromatic rings. The number of thiophene rings is 1. The first kappa shape index (κ1) is 28.9.